The lowest BCUT2D eigenvalue weighted by Crippen LogP contribution is -2.21. The second-order valence-corrected chi connectivity index (χ2v) is 4.18. The van der Waals surface area contributed by atoms with Gasteiger partial charge >= 0.3 is 6.09 Å². The molecule has 0 fully saturated rings. The minimum absolute atomic E-state index is 0.190. The zero-order chi connectivity index (χ0) is 12.7. The Bertz CT molecular complexity index is 353. The van der Waals surface area contributed by atoms with E-state index in [0.29, 0.717) is 6.61 Å². The predicted molar refractivity (Wildman–Crippen MR) is 70.3 cm³/mol. The van der Waals surface area contributed by atoms with Crippen LogP contribution in [0.2, 0.25) is 0 Å². The van der Waals surface area contributed by atoms with Crippen LogP contribution in [0.25, 0.3) is 0 Å². The summed E-state index contributed by atoms with van der Waals surface area (Å²) in [6, 6.07) is 7.52. The van der Waals surface area contributed by atoms with Crippen LogP contribution in [0.3, 0.4) is 0 Å². The Morgan fingerprint density at radius 1 is 1.41 bits per heavy atom. The number of carbonyl (C=O) groups excluding carboxylic acids is 1. The number of halogens is 1. The fraction of sp³-hybridized carbons (Fsp3) is 0.417. The number of anilines is 1. The second-order valence-electron chi connectivity index (χ2n) is 3.47. The first-order chi connectivity index (χ1) is 8.19. The molecule has 0 aliphatic heterocycles. The van der Waals surface area contributed by atoms with Crippen molar-refractivity contribution in [2.45, 2.75) is 19.8 Å². The van der Waals surface area contributed by atoms with Gasteiger partial charge in [0.1, 0.15) is 0 Å². The third-order valence-electron chi connectivity index (χ3n) is 2.21. The van der Waals surface area contributed by atoms with E-state index in [4.69, 9.17) is 9.84 Å². The van der Waals surface area contributed by atoms with Crippen LogP contribution in [0.1, 0.15) is 18.9 Å². The second kappa shape index (κ2) is 7.29. The fourth-order valence-corrected chi connectivity index (χ4v) is 1.70. The van der Waals surface area contributed by atoms with Gasteiger partial charge < -0.3 is 9.84 Å². The molecule has 0 unspecified atom stereocenters. The molecular weight excluding hydrogens is 286 g/mol. The molecule has 1 aromatic rings. The molecule has 0 radical (unpaired) electrons. The lowest BCUT2D eigenvalue weighted by molar-refractivity contribution is 0.165. The average molecular weight is 302 g/mol. The third-order valence-corrected chi connectivity index (χ3v) is 2.91. The summed E-state index contributed by atoms with van der Waals surface area (Å²) in [7, 11) is 0. The first-order valence-electron chi connectivity index (χ1n) is 5.51. The molecule has 0 bridgehead atoms. The topological polar surface area (TPSA) is 49.8 Å². The Morgan fingerprint density at radius 3 is 2.59 bits per heavy atom. The van der Waals surface area contributed by atoms with Gasteiger partial charge in [0, 0.05) is 6.61 Å². The first kappa shape index (κ1) is 14.0. The summed E-state index contributed by atoms with van der Waals surface area (Å²) in [6.45, 7) is 2.29. The highest BCUT2D eigenvalue weighted by atomic mass is 79.9. The molecule has 1 aromatic carbocycles. The molecule has 0 spiro atoms. The summed E-state index contributed by atoms with van der Waals surface area (Å²) >= 11 is 3.15. The summed E-state index contributed by atoms with van der Waals surface area (Å²) in [6.07, 6.45) is 1.14. The number of ether oxygens (including phenoxy) is 1. The molecule has 0 aliphatic rings. The maximum absolute atomic E-state index is 11.4. The normalized spacial score (nSPS) is 10.1. The van der Waals surface area contributed by atoms with E-state index in [1.54, 1.807) is 6.92 Å². The first-order valence-corrected chi connectivity index (χ1v) is 6.22. The number of benzene rings is 1. The molecule has 0 atom stereocenters. The molecular formula is C12H16BrNO3. The number of aryl methyl sites for hydroxylation is 1. The minimum atomic E-state index is -0.435. The molecule has 1 N–H and O–H groups in total. The Kier molecular flexibility index (Phi) is 6.00. The molecule has 1 amide bonds. The van der Waals surface area contributed by atoms with Crippen LogP contribution < -0.4 is 3.93 Å². The van der Waals surface area contributed by atoms with Gasteiger partial charge in [-0.15, -0.1) is 0 Å². The van der Waals surface area contributed by atoms with Crippen molar-refractivity contribution in [2.75, 3.05) is 17.1 Å². The van der Waals surface area contributed by atoms with Crippen molar-refractivity contribution in [3.63, 3.8) is 0 Å². The van der Waals surface area contributed by atoms with Crippen molar-refractivity contribution in [2.24, 2.45) is 0 Å². The average Bonchev–Trinajstić information content (AvgIpc) is 2.36. The Morgan fingerprint density at radius 2 is 2.06 bits per heavy atom. The molecule has 0 aliphatic carbocycles. The number of rotatable bonds is 5. The molecule has 94 valence electrons. The summed E-state index contributed by atoms with van der Waals surface area (Å²) in [5, 5.41) is 8.73. The standard InChI is InChI=1S/C12H16BrNO3/c1-2-17-12(16)14(13)11-7-5-10(6-8-11)4-3-9-15/h5-8,15H,2-4,9H2,1H3. The number of nitrogens with zero attached hydrogens (tertiary/aromatic N) is 1. The van der Waals surface area contributed by atoms with Gasteiger partial charge in [0.25, 0.3) is 0 Å². The van der Waals surface area contributed by atoms with Crippen molar-refractivity contribution in [1.82, 2.24) is 0 Å². The van der Waals surface area contributed by atoms with E-state index in [-0.39, 0.29) is 6.61 Å². The van der Waals surface area contributed by atoms with Crippen LogP contribution in [0.4, 0.5) is 10.5 Å². The third kappa shape index (κ3) is 4.36. The van der Waals surface area contributed by atoms with Crippen LogP contribution in [-0.4, -0.2) is 24.4 Å². The van der Waals surface area contributed by atoms with Gasteiger partial charge in [-0.2, -0.15) is 0 Å². The summed E-state index contributed by atoms with van der Waals surface area (Å²) in [4.78, 5) is 11.4. The molecule has 0 aromatic heterocycles. The van der Waals surface area contributed by atoms with E-state index in [1.165, 1.54) is 3.93 Å². The maximum atomic E-state index is 11.4. The fourth-order valence-electron chi connectivity index (χ4n) is 1.36. The lowest BCUT2D eigenvalue weighted by atomic mass is 10.1. The van der Waals surface area contributed by atoms with Crippen molar-refractivity contribution in [1.29, 1.82) is 0 Å². The van der Waals surface area contributed by atoms with E-state index in [2.05, 4.69) is 16.1 Å². The van der Waals surface area contributed by atoms with Gasteiger partial charge in [-0.25, -0.2) is 8.72 Å². The minimum Gasteiger partial charge on any atom is -0.449 e. The van der Waals surface area contributed by atoms with Gasteiger partial charge in [0.05, 0.1) is 28.4 Å². The summed E-state index contributed by atoms with van der Waals surface area (Å²) in [5.41, 5.74) is 1.85. The number of amides is 1. The predicted octanol–water partition coefficient (Wildman–Crippen LogP) is 2.88. The monoisotopic (exact) mass is 301 g/mol. The molecule has 17 heavy (non-hydrogen) atoms. The van der Waals surface area contributed by atoms with Crippen LogP contribution >= 0.6 is 16.1 Å². The van der Waals surface area contributed by atoms with E-state index < -0.39 is 6.09 Å². The van der Waals surface area contributed by atoms with Gasteiger partial charge in [-0.3, -0.25) is 0 Å². The molecule has 4 nitrogen and oxygen atoms in total. The van der Waals surface area contributed by atoms with Crippen molar-refractivity contribution < 1.29 is 14.6 Å². The summed E-state index contributed by atoms with van der Waals surface area (Å²) in [5.74, 6) is 0. The largest absolute Gasteiger partial charge is 0.449 e. The Balaban J connectivity index is 2.63. The van der Waals surface area contributed by atoms with Gasteiger partial charge in [-0.05, 0) is 37.5 Å². The number of aliphatic hydroxyl groups is 1. The number of carbonyl (C=O) groups is 1. The highest BCUT2D eigenvalue weighted by Gasteiger charge is 2.13. The zero-order valence-corrected chi connectivity index (χ0v) is 11.3. The van der Waals surface area contributed by atoms with Crippen LogP contribution in [0.5, 0.6) is 0 Å². The van der Waals surface area contributed by atoms with E-state index in [0.717, 1.165) is 24.1 Å². The van der Waals surface area contributed by atoms with Crippen LogP contribution in [0.15, 0.2) is 24.3 Å². The molecule has 1 rings (SSSR count). The highest BCUT2D eigenvalue weighted by molar-refractivity contribution is 9.10. The van der Waals surface area contributed by atoms with E-state index in [1.807, 2.05) is 24.3 Å². The smallest absolute Gasteiger partial charge is 0.424 e. The highest BCUT2D eigenvalue weighted by Crippen LogP contribution is 2.20. The number of hydrogen-bond acceptors (Lipinski definition) is 3. The van der Waals surface area contributed by atoms with Crippen LogP contribution in [-0.2, 0) is 11.2 Å². The Labute approximate surface area is 110 Å². The van der Waals surface area contributed by atoms with E-state index >= 15 is 0 Å². The van der Waals surface area contributed by atoms with Gasteiger partial charge in [0.2, 0.25) is 0 Å². The molecule has 0 saturated carbocycles. The molecule has 5 heteroatoms. The van der Waals surface area contributed by atoms with Crippen molar-refractivity contribution in [3.8, 4) is 0 Å². The van der Waals surface area contributed by atoms with Crippen molar-refractivity contribution in [3.05, 3.63) is 29.8 Å². The van der Waals surface area contributed by atoms with Crippen molar-refractivity contribution >= 4 is 27.9 Å². The quantitative estimate of drug-likeness (QED) is 0.851. The number of aliphatic hydroxyl groups excluding tert-OH is 1. The molecule has 0 saturated heterocycles. The van der Waals surface area contributed by atoms with Crippen LogP contribution in [0, 0.1) is 0 Å². The zero-order valence-electron chi connectivity index (χ0n) is 9.73. The lowest BCUT2D eigenvalue weighted by Gasteiger charge is -2.14. The SMILES string of the molecule is CCOC(=O)N(Br)c1ccc(CCCO)cc1. The molecule has 0 heterocycles. The van der Waals surface area contributed by atoms with E-state index in [9.17, 15) is 4.79 Å². The van der Waals surface area contributed by atoms with Gasteiger partial charge in [0.15, 0.2) is 0 Å². The Hall–Kier alpha value is -1.07. The summed E-state index contributed by atoms with van der Waals surface area (Å²) < 4.78 is 6.14. The van der Waals surface area contributed by atoms with Gasteiger partial charge in [-0.1, -0.05) is 12.1 Å². The number of hydrogen-bond donors (Lipinski definition) is 1. The maximum Gasteiger partial charge on any atom is 0.424 e.